The number of aliphatic carboxylic acids is 1. The monoisotopic (exact) mass is 298 g/mol. The number of carbonyl (C=O) groups excluding carboxylic acids is 1. The van der Waals surface area contributed by atoms with Crippen LogP contribution in [0, 0.1) is 5.41 Å². The number of carboxylic acids is 1. The number of amides is 1. The highest BCUT2D eigenvalue weighted by molar-refractivity contribution is 5.85. The summed E-state index contributed by atoms with van der Waals surface area (Å²) in [6.45, 7) is 5.87. The van der Waals surface area contributed by atoms with E-state index in [1.165, 1.54) is 0 Å². The molecule has 0 spiro atoms. The van der Waals surface area contributed by atoms with E-state index in [2.05, 4.69) is 5.32 Å². The van der Waals surface area contributed by atoms with Gasteiger partial charge < -0.3 is 15.2 Å². The SMILES string of the molecule is CCOCC1(C(=O)NC2CC(N(CC)CC(=O)O)C2)CC1. The second kappa shape index (κ2) is 6.75. The van der Waals surface area contributed by atoms with Crippen LogP contribution in [0.15, 0.2) is 0 Å². The van der Waals surface area contributed by atoms with Gasteiger partial charge in [0.05, 0.1) is 18.6 Å². The third-order valence-electron chi connectivity index (χ3n) is 4.63. The van der Waals surface area contributed by atoms with Crippen LogP contribution in [0.4, 0.5) is 0 Å². The molecular weight excluding hydrogens is 272 g/mol. The highest BCUT2D eigenvalue weighted by Gasteiger charge is 2.51. The molecule has 0 aromatic heterocycles. The average Bonchev–Trinajstić information content (AvgIpc) is 3.18. The predicted molar refractivity (Wildman–Crippen MR) is 78.0 cm³/mol. The fourth-order valence-corrected chi connectivity index (χ4v) is 2.90. The summed E-state index contributed by atoms with van der Waals surface area (Å²) in [5.41, 5.74) is -0.285. The lowest BCUT2D eigenvalue weighted by atomic mass is 9.85. The van der Waals surface area contributed by atoms with Crippen molar-refractivity contribution in [3.8, 4) is 0 Å². The summed E-state index contributed by atoms with van der Waals surface area (Å²) in [5, 5.41) is 12.0. The van der Waals surface area contributed by atoms with E-state index in [0.29, 0.717) is 13.2 Å². The Morgan fingerprint density at radius 3 is 2.48 bits per heavy atom. The quantitative estimate of drug-likeness (QED) is 0.660. The highest BCUT2D eigenvalue weighted by atomic mass is 16.5. The van der Waals surface area contributed by atoms with Crippen LogP contribution in [0.1, 0.15) is 39.5 Å². The Bertz CT molecular complexity index is 389. The molecule has 0 unspecified atom stereocenters. The summed E-state index contributed by atoms with van der Waals surface area (Å²) in [7, 11) is 0. The minimum Gasteiger partial charge on any atom is -0.480 e. The van der Waals surface area contributed by atoms with E-state index < -0.39 is 5.97 Å². The third kappa shape index (κ3) is 3.95. The van der Waals surface area contributed by atoms with Crippen LogP contribution in [0.25, 0.3) is 0 Å². The van der Waals surface area contributed by atoms with Crippen molar-refractivity contribution in [2.24, 2.45) is 5.41 Å². The van der Waals surface area contributed by atoms with Crippen LogP contribution in [0.5, 0.6) is 0 Å². The van der Waals surface area contributed by atoms with E-state index in [0.717, 1.165) is 32.2 Å². The first-order chi connectivity index (χ1) is 10.0. The molecule has 120 valence electrons. The number of nitrogens with one attached hydrogen (secondary N) is 1. The molecule has 6 heteroatoms. The molecule has 0 atom stereocenters. The Balaban J connectivity index is 1.72. The number of ether oxygens (including phenoxy) is 1. The minimum atomic E-state index is -0.794. The second-order valence-corrected chi connectivity index (χ2v) is 6.17. The number of nitrogens with zero attached hydrogens (tertiary/aromatic N) is 1. The molecule has 2 N–H and O–H groups in total. The molecule has 2 aliphatic carbocycles. The minimum absolute atomic E-state index is 0.0795. The second-order valence-electron chi connectivity index (χ2n) is 6.17. The molecule has 0 radical (unpaired) electrons. The van der Waals surface area contributed by atoms with Crippen LogP contribution < -0.4 is 5.32 Å². The van der Waals surface area contributed by atoms with Gasteiger partial charge in [-0.25, -0.2) is 0 Å². The van der Waals surface area contributed by atoms with Crippen LogP contribution in [0.3, 0.4) is 0 Å². The zero-order chi connectivity index (χ0) is 15.5. The number of likely N-dealkylation sites (N-methyl/N-ethyl adjacent to an activating group) is 1. The van der Waals surface area contributed by atoms with Crippen LogP contribution >= 0.6 is 0 Å². The lowest BCUT2D eigenvalue weighted by Gasteiger charge is -2.42. The molecule has 2 aliphatic rings. The van der Waals surface area contributed by atoms with E-state index in [1.807, 2.05) is 18.7 Å². The third-order valence-corrected chi connectivity index (χ3v) is 4.63. The molecule has 0 heterocycles. The zero-order valence-corrected chi connectivity index (χ0v) is 12.9. The lowest BCUT2D eigenvalue weighted by molar-refractivity contribution is -0.140. The molecule has 21 heavy (non-hydrogen) atoms. The van der Waals surface area contributed by atoms with Crippen molar-refractivity contribution in [3.63, 3.8) is 0 Å². The molecule has 6 nitrogen and oxygen atoms in total. The average molecular weight is 298 g/mol. The van der Waals surface area contributed by atoms with Crippen LogP contribution in [-0.4, -0.2) is 60.3 Å². The van der Waals surface area contributed by atoms with E-state index >= 15 is 0 Å². The predicted octanol–water partition coefficient (Wildman–Crippen LogP) is 0.857. The number of hydrogen-bond donors (Lipinski definition) is 2. The van der Waals surface area contributed by atoms with Crippen LogP contribution in [0.2, 0.25) is 0 Å². The van der Waals surface area contributed by atoms with Gasteiger partial charge in [0.15, 0.2) is 0 Å². The molecule has 0 aromatic rings. The number of rotatable bonds is 9. The number of hydrogen-bond acceptors (Lipinski definition) is 4. The summed E-state index contributed by atoms with van der Waals surface area (Å²) in [6, 6.07) is 0.461. The van der Waals surface area contributed by atoms with Crippen molar-refractivity contribution >= 4 is 11.9 Å². The van der Waals surface area contributed by atoms with Gasteiger partial charge in [0.1, 0.15) is 0 Å². The normalized spacial score (nSPS) is 26.2. The smallest absolute Gasteiger partial charge is 0.317 e. The van der Waals surface area contributed by atoms with Crippen molar-refractivity contribution in [1.82, 2.24) is 10.2 Å². The van der Waals surface area contributed by atoms with E-state index in [-0.39, 0.29) is 30.0 Å². The maximum absolute atomic E-state index is 12.3. The molecule has 1 amide bonds. The summed E-state index contributed by atoms with van der Waals surface area (Å²) in [5.74, 6) is -0.682. The van der Waals surface area contributed by atoms with Gasteiger partial charge in [0, 0.05) is 18.7 Å². The van der Waals surface area contributed by atoms with Crippen molar-refractivity contribution in [2.45, 2.75) is 51.6 Å². The van der Waals surface area contributed by atoms with Crippen molar-refractivity contribution in [1.29, 1.82) is 0 Å². The first kappa shape index (κ1) is 16.2. The van der Waals surface area contributed by atoms with E-state index in [9.17, 15) is 9.59 Å². The Morgan fingerprint density at radius 1 is 1.33 bits per heavy atom. The Morgan fingerprint density at radius 2 is 2.00 bits per heavy atom. The Hall–Kier alpha value is -1.14. The maximum Gasteiger partial charge on any atom is 0.317 e. The van der Waals surface area contributed by atoms with Gasteiger partial charge in [-0.05, 0) is 39.2 Å². The van der Waals surface area contributed by atoms with Gasteiger partial charge in [-0.3, -0.25) is 14.5 Å². The van der Waals surface area contributed by atoms with E-state index in [1.54, 1.807) is 0 Å². The van der Waals surface area contributed by atoms with Crippen molar-refractivity contribution in [2.75, 3.05) is 26.3 Å². The molecule has 2 rings (SSSR count). The zero-order valence-electron chi connectivity index (χ0n) is 12.9. The van der Waals surface area contributed by atoms with Gasteiger partial charge in [-0.1, -0.05) is 6.92 Å². The molecule has 0 aliphatic heterocycles. The van der Waals surface area contributed by atoms with Crippen molar-refractivity contribution in [3.05, 3.63) is 0 Å². The largest absolute Gasteiger partial charge is 0.480 e. The Kier molecular flexibility index (Phi) is 5.22. The summed E-state index contributed by atoms with van der Waals surface area (Å²) < 4.78 is 5.40. The maximum atomic E-state index is 12.3. The highest BCUT2D eigenvalue weighted by Crippen LogP contribution is 2.46. The van der Waals surface area contributed by atoms with Gasteiger partial charge >= 0.3 is 5.97 Å². The van der Waals surface area contributed by atoms with Crippen molar-refractivity contribution < 1.29 is 19.4 Å². The topological polar surface area (TPSA) is 78.9 Å². The summed E-state index contributed by atoms with van der Waals surface area (Å²) >= 11 is 0. The molecule has 0 bridgehead atoms. The molecule has 2 saturated carbocycles. The molecule has 0 saturated heterocycles. The fourth-order valence-electron chi connectivity index (χ4n) is 2.90. The van der Waals surface area contributed by atoms with Crippen LogP contribution in [-0.2, 0) is 14.3 Å². The van der Waals surface area contributed by atoms with E-state index in [4.69, 9.17) is 9.84 Å². The fraction of sp³-hybridized carbons (Fsp3) is 0.867. The summed E-state index contributed by atoms with van der Waals surface area (Å²) in [6.07, 6.45) is 3.51. The molecular formula is C15H26N2O4. The first-order valence-electron chi connectivity index (χ1n) is 7.85. The van der Waals surface area contributed by atoms with Gasteiger partial charge in [0.2, 0.25) is 5.91 Å². The van der Waals surface area contributed by atoms with Gasteiger partial charge in [0.25, 0.3) is 0 Å². The molecule has 0 aromatic carbocycles. The van der Waals surface area contributed by atoms with Gasteiger partial charge in [-0.2, -0.15) is 0 Å². The number of carboxylic acid groups (broad SMARTS) is 1. The Labute approximate surface area is 125 Å². The first-order valence-corrected chi connectivity index (χ1v) is 7.85. The summed E-state index contributed by atoms with van der Waals surface area (Å²) in [4.78, 5) is 25.0. The molecule has 2 fully saturated rings. The standard InChI is InChI=1S/C15H26N2O4/c1-3-17(9-13(18)19)12-7-11(8-12)16-14(20)15(5-6-15)10-21-4-2/h11-12H,3-10H2,1-2H3,(H,16,20)(H,18,19). The number of carbonyl (C=O) groups is 2. The lowest BCUT2D eigenvalue weighted by Crippen LogP contribution is -2.56. The van der Waals surface area contributed by atoms with Gasteiger partial charge in [-0.15, -0.1) is 0 Å².